The van der Waals surface area contributed by atoms with E-state index in [0.29, 0.717) is 35.0 Å². The van der Waals surface area contributed by atoms with Gasteiger partial charge in [0.05, 0.1) is 14.9 Å². The molecule has 7 nitrogen and oxygen atoms in total. The third-order valence-corrected chi connectivity index (χ3v) is 4.87. The number of hydrogen-bond acceptors (Lipinski definition) is 6. The summed E-state index contributed by atoms with van der Waals surface area (Å²) in [5, 5.41) is 10.7. The molecule has 1 aromatic heterocycles. The van der Waals surface area contributed by atoms with Crippen molar-refractivity contribution in [2.45, 2.75) is 13.3 Å². The minimum Gasteiger partial charge on any atom is -0.457 e. The molecule has 0 radical (unpaired) electrons. The molecule has 1 aromatic carbocycles. The average molecular weight is 393 g/mol. The summed E-state index contributed by atoms with van der Waals surface area (Å²) in [4.78, 5) is 35.8. The lowest BCUT2D eigenvalue weighted by Gasteiger charge is -2.09. The molecule has 0 N–H and O–H groups in total. The van der Waals surface area contributed by atoms with E-state index in [2.05, 4.69) is 0 Å². The van der Waals surface area contributed by atoms with E-state index in [4.69, 9.17) is 16.0 Å². The second-order valence-electron chi connectivity index (χ2n) is 5.46. The number of hydrogen-bond donors (Lipinski definition) is 0. The van der Waals surface area contributed by atoms with Crippen molar-refractivity contribution in [3.8, 4) is 11.3 Å². The first-order chi connectivity index (χ1) is 12.4. The standard InChI is InChI=1S/C17H13ClN2O5S/c1-2-7-19-16(21)15(26-17(19)22)9-11-4-6-14(25-11)12-5-3-10(20(23)24)8-13(12)18/h3-6,8-9H,2,7H2,1H3/b15-9+. The van der Waals surface area contributed by atoms with E-state index >= 15 is 0 Å². The lowest BCUT2D eigenvalue weighted by Crippen LogP contribution is -2.28. The van der Waals surface area contributed by atoms with Gasteiger partial charge in [0.2, 0.25) is 0 Å². The van der Waals surface area contributed by atoms with Gasteiger partial charge in [-0.1, -0.05) is 18.5 Å². The normalized spacial score (nSPS) is 15.9. The second kappa shape index (κ2) is 7.35. The molecular formula is C17H13ClN2O5S. The highest BCUT2D eigenvalue weighted by Crippen LogP contribution is 2.35. The fraction of sp³-hybridized carbons (Fsp3) is 0.176. The van der Waals surface area contributed by atoms with Crippen molar-refractivity contribution in [2.24, 2.45) is 0 Å². The predicted molar refractivity (Wildman–Crippen MR) is 98.8 cm³/mol. The number of halogens is 1. The molecule has 2 aromatic rings. The number of benzene rings is 1. The summed E-state index contributed by atoms with van der Waals surface area (Å²) in [7, 11) is 0. The monoisotopic (exact) mass is 392 g/mol. The van der Waals surface area contributed by atoms with Gasteiger partial charge in [0.15, 0.2) is 0 Å². The van der Waals surface area contributed by atoms with Gasteiger partial charge in [0.1, 0.15) is 11.5 Å². The molecule has 1 aliphatic heterocycles. The summed E-state index contributed by atoms with van der Waals surface area (Å²) < 4.78 is 5.67. The van der Waals surface area contributed by atoms with Gasteiger partial charge >= 0.3 is 0 Å². The van der Waals surface area contributed by atoms with Crippen LogP contribution >= 0.6 is 23.4 Å². The molecule has 2 heterocycles. The molecule has 0 saturated carbocycles. The largest absolute Gasteiger partial charge is 0.457 e. The molecule has 1 aliphatic rings. The van der Waals surface area contributed by atoms with Crippen molar-refractivity contribution in [3.63, 3.8) is 0 Å². The highest BCUT2D eigenvalue weighted by atomic mass is 35.5. The van der Waals surface area contributed by atoms with E-state index in [-0.39, 0.29) is 21.9 Å². The Bertz CT molecular complexity index is 937. The fourth-order valence-electron chi connectivity index (χ4n) is 2.44. The topological polar surface area (TPSA) is 93.7 Å². The van der Waals surface area contributed by atoms with Crippen LogP contribution < -0.4 is 0 Å². The maximum absolute atomic E-state index is 12.2. The first kappa shape index (κ1) is 18.2. The van der Waals surface area contributed by atoms with Crippen molar-refractivity contribution in [3.05, 3.63) is 56.1 Å². The van der Waals surface area contributed by atoms with Gasteiger partial charge in [-0.25, -0.2) is 0 Å². The van der Waals surface area contributed by atoms with Gasteiger partial charge in [-0.05, 0) is 36.4 Å². The van der Waals surface area contributed by atoms with Crippen molar-refractivity contribution >= 4 is 46.3 Å². The van der Waals surface area contributed by atoms with Gasteiger partial charge in [-0.15, -0.1) is 0 Å². The van der Waals surface area contributed by atoms with E-state index in [1.54, 1.807) is 12.1 Å². The number of furan rings is 1. The summed E-state index contributed by atoms with van der Waals surface area (Å²) >= 11 is 6.96. The average Bonchev–Trinajstić information content (AvgIpc) is 3.15. The van der Waals surface area contributed by atoms with E-state index in [1.165, 1.54) is 29.2 Å². The third-order valence-electron chi connectivity index (χ3n) is 3.65. The summed E-state index contributed by atoms with van der Waals surface area (Å²) in [6.07, 6.45) is 2.19. The Hall–Kier alpha value is -2.58. The van der Waals surface area contributed by atoms with Gasteiger partial charge in [-0.2, -0.15) is 0 Å². The minimum atomic E-state index is -0.532. The molecule has 2 amide bonds. The molecule has 0 atom stereocenters. The Balaban J connectivity index is 1.86. The van der Waals surface area contributed by atoms with Crippen molar-refractivity contribution in [1.82, 2.24) is 4.90 Å². The first-order valence-corrected chi connectivity index (χ1v) is 8.89. The number of carbonyl (C=O) groups excluding carboxylic acids is 2. The Morgan fingerprint density at radius 2 is 2.08 bits per heavy atom. The van der Waals surface area contributed by atoms with Crippen LogP contribution in [-0.4, -0.2) is 27.5 Å². The molecule has 26 heavy (non-hydrogen) atoms. The zero-order valence-electron chi connectivity index (χ0n) is 13.6. The van der Waals surface area contributed by atoms with Crippen molar-refractivity contribution < 1.29 is 18.9 Å². The van der Waals surface area contributed by atoms with Crippen LogP contribution in [0.3, 0.4) is 0 Å². The Kier molecular flexibility index (Phi) is 5.15. The number of nitro benzene ring substituents is 1. The lowest BCUT2D eigenvalue weighted by molar-refractivity contribution is -0.384. The molecule has 3 rings (SSSR count). The summed E-state index contributed by atoms with van der Waals surface area (Å²) in [5.74, 6) is 0.452. The maximum atomic E-state index is 12.2. The van der Waals surface area contributed by atoms with Crippen LogP contribution in [0.4, 0.5) is 10.5 Å². The van der Waals surface area contributed by atoms with Gasteiger partial charge in [-0.3, -0.25) is 24.6 Å². The molecular weight excluding hydrogens is 380 g/mol. The maximum Gasteiger partial charge on any atom is 0.293 e. The quantitative estimate of drug-likeness (QED) is 0.405. The fourth-order valence-corrected chi connectivity index (χ4v) is 3.55. The molecule has 1 fully saturated rings. The van der Waals surface area contributed by atoms with E-state index < -0.39 is 4.92 Å². The van der Waals surface area contributed by atoms with Gasteiger partial charge in [0, 0.05) is 30.3 Å². The Morgan fingerprint density at radius 3 is 2.73 bits per heavy atom. The van der Waals surface area contributed by atoms with E-state index in [1.807, 2.05) is 6.92 Å². The van der Waals surface area contributed by atoms with Gasteiger partial charge in [0.25, 0.3) is 16.8 Å². The molecule has 134 valence electrons. The number of nitro groups is 1. The minimum absolute atomic E-state index is 0.116. The lowest BCUT2D eigenvalue weighted by atomic mass is 10.1. The molecule has 1 saturated heterocycles. The van der Waals surface area contributed by atoms with E-state index in [0.717, 1.165) is 11.8 Å². The number of nitrogens with zero attached hydrogens (tertiary/aromatic N) is 2. The van der Waals surface area contributed by atoms with Crippen molar-refractivity contribution in [2.75, 3.05) is 6.54 Å². The molecule has 0 spiro atoms. The Morgan fingerprint density at radius 1 is 1.31 bits per heavy atom. The summed E-state index contributed by atoms with van der Waals surface area (Å²) in [6.45, 7) is 2.27. The van der Waals surface area contributed by atoms with Crippen LogP contribution in [0.25, 0.3) is 17.4 Å². The summed E-state index contributed by atoms with van der Waals surface area (Å²) in [6, 6.07) is 7.36. The van der Waals surface area contributed by atoms with E-state index in [9.17, 15) is 19.7 Å². The summed E-state index contributed by atoms with van der Waals surface area (Å²) in [5.41, 5.74) is 0.381. The van der Waals surface area contributed by atoms with Crippen LogP contribution in [-0.2, 0) is 4.79 Å². The van der Waals surface area contributed by atoms with Crippen LogP contribution in [0.2, 0.25) is 5.02 Å². The highest BCUT2D eigenvalue weighted by molar-refractivity contribution is 8.18. The second-order valence-corrected chi connectivity index (χ2v) is 6.86. The number of amides is 2. The number of imide groups is 1. The molecule has 0 aliphatic carbocycles. The number of non-ortho nitro benzene ring substituents is 1. The van der Waals surface area contributed by atoms with Crippen LogP contribution in [0.15, 0.2) is 39.7 Å². The van der Waals surface area contributed by atoms with Crippen molar-refractivity contribution in [1.29, 1.82) is 0 Å². The molecule has 0 unspecified atom stereocenters. The SMILES string of the molecule is CCCN1C(=O)S/C(=C/c2ccc(-c3ccc([N+](=O)[O-])cc3Cl)o2)C1=O. The van der Waals surface area contributed by atoms with Gasteiger partial charge < -0.3 is 4.42 Å². The smallest absolute Gasteiger partial charge is 0.293 e. The number of carbonyl (C=O) groups is 2. The Labute approximate surface area is 157 Å². The third kappa shape index (κ3) is 3.51. The molecule has 9 heteroatoms. The van der Waals surface area contributed by atoms with Crippen LogP contribution in [0, 0.1) is 10.1 Å². The number of thioether (sulfide) groups is 1. The highest BCUT2D eigenvalue weighted by Gasteiger charge is 2.34. The number of rotatable bonds is 5. The van der Waals surface area contributed by atoms with Crippen LogP contribution in [0.5, 0.6) is 0 Å². The predicted octanol–water partition coefficient (Wildman–Crippen LogP) is 4.95. The molecule has 0 bridgehead atoms. The zero-order valence-corrected chi connectivity index (χ0v) is 15.2. The zero-order chi connectivity index (χ0) is 18.8. The van der Waals surface area contributed by atoms with Crippen LogP contribution in [0.1, 0.15) is 19.1 Å². The first-order valence-electron chi connectivity index (χ1n) is 7.70.